The Kier molecular flexibility index (Phi) is 5.31. The van der Waals surface area contributed by atoms with Crippen molar-refractivity contribution in [1.82, 2.24) is 19.3 Å². The van der Waals surface area contributed by atoms with E-state index in [0.29, 0.717) is 11.9 Å². The molecule has 5 heteroatoms. The van der Waals surface area contributed by atoms with Crippen molar-refractivity contribution in [3.63, 3.8) is 0 Å². The highest BCUT2D eigenvalue weighted by Crippen LogP contribution is 2.27. The van der Waals surface area contributed by atoms with Gasteiger partial charge in [0, 0.05) is 12.6 Å². The predicted octanol–water partition coefficient (Wildman–Crippen LogP) is 4.69. The summed E-state index contributed by atoms with van der Waals surface area (Å²) in [6.07, 6.45) is 3.66. The second-order valence-corrected chi connectivity index (χ2v) is 6.55. The Labute approximate surface area is 132 Å². The van der Waals surface area contributed by atoms with Crippen LogP contribution in [0.5, 0.6) is 0 Å². The monoisotopic (exact) mass is 310 g/mol. The van der Waals surface area contributed by atoms with Crippen LogP contribution in [-0.4, -0.2) is 19.3 Å². The van der Waals surface area contributed by atoms with Crippen molar-refractivity contribution in [2.45, 2.75) is 72.3 Å². The van der Waals surface area contributed by atoms with Crippen molar-refractivity contribution in [3.05, 3.63) is 11.5 Å². The number of hydrogen-bond acceptors (Lipinski definition) is 2. The number of rotatable bonds is 7. The molecular weight excluding hydrogens is 284 g/mol. The largest absolute Gasteiger partial charge is 0.309 e. The Morgan fingerprint density at radius 3 is 2.48 bits per heavy atom. The number of aromatic nitrogens is 4. The van der Waals surface area contributed by atoms with Crippen molar-refractivity contribution < 1.29 is 0 Å². The first-order valence-electron chi connectivity index (χ1n) is 7.99. The van der Waals surface area contributed by atoms with Crippen LogP contribution in [0.15, 0.2) is 0 Å². The minimum Gasteiger partial charge on any atom is -0.309 e. The fourth-order valence-electron chi connectivity index (χ4n) is 2.96. The second kappa shape index (κ2) is 6.82. The maximum atomic E-state index is 6.12. The Morgan fingerprint density at radius 2 is 1.90 bits per heavy atom. The summed E-state index contributed by atoms with van der Waals surface area (Å²) in [6.45, 7) is 11.8. The normalized spacial score (nSPS) is 13.5. The molecule has 0 saturated carbocycles. The average Bonchev–Trinajstić information content (AvgIpc) is 2.96. The molecule has 2 aromatic rings. The van der Waals surface area contributed by atoms with Gasteiger partial charge in [-0.05, 0) is 33.1 Å². The molecule has 4 nitrogen and oxygen atoms in total. The van der Waals surface area contributed by atoms with Gasteiger partial charge in [0.25, 0.3) is 0 Å². The molecule has 0 saturated heterocycles. The first-order valence-corrected chi connectivity index (χ1v) is 8.53. The summed E-state index contributed by atoms with van der Waals surface area (Å²) in [5.74, 6) is 2.18. The van der Waals surface area contributed by atoms with Gasteiger partial charge < -0.3 is 4.57 Å². The lowest BCUT2D eigenvalue weighted by Crippen LogP contribution is -2.12. The van der Waals surface area contributed by atoms with Crippen LogP contribution in [0.4, 0.5) is 0 Å². The van der Waals surface area contributed by atoms with Gasteiger partial charge in [0.05, 0.1) is 11.6 Å². The number of alkyl halides is 1. The quantitative estimate of drug-likeness (QED) is 0.696. The third-order valence-corrected chi connectivity index (χ3v) is 4.32. The zero-order chi connectivity index (χ0) is 15.6. The lowest BCUT2D eigenvalue weighted by Gasteiger charge is -2.18. The van der Waals surface area contributed by atoms with E-state index < -0.39 is 0 Å². The van der Waals surface area contributed by atoms with Gasteiger partial charge in [-0.2, -0.15) is 5.10 Å². The molecule has 0 bridgehead atoms. The van der Waals surface area contributed by atoms with Gasteiger partial charge in [0.1, 0.15) is 11.3 Å². The molecule has 0 aromatic carbocycles. The standard InChI is InChI=1S/C16H27ClN4/c1-6-20-16-15(13(5)19-20)18-14(10-17)21(16)12(4)9-7-8-11(2)3/h11-12H,6-10H2,1-5H3. The van der Waals surface area contributed by atoms with Crippen molar-refractivity contribution in [2.24, 2.45) is 5.92 Å². The highest BCUT2D eigenvalue weighted by atomic mass is 35.5. The van der Waals surface area contributed by atoms with Crippen LogP contribution in [-0.2, 0) is 12.4 Å². The minimum absolute atomic E-state index is 0.406. The molecule has 21 heavy (non-hydrogen) atoms. The third-order valence-electron chi connectivity index (χ3n) is 4.08. The summed E-state index contributed by atoms with van der Waals surface area (Å²) in [5.41, 5.74) is 3.12. The molecule has 0 aliphatic carbocycles. The van der Waals surface area contributed by atoms with E-state index in [1.807, 2.05) is 11.6 Å². The van der Waals surface area contributed by atoms with Gasteiger partial charge >= 0.3 is 0 Å². The molecule has 1 unspecified atom stereocenters. The first kappa shape index (κ1) is 16.3. The lowest BCUT2D eigenvalue weighted by molar-refractivity contribution is 0.441. The Balaban J connectivity index is 2.36. The molecule has 0 fully saturated rings. The topological polar surface area (TPSA) is 35.6 Å². The van der Waals surface area contributed by atoms with Crippen LogP contribution in [0.2, 0.25) is 0 Å². The molecule has 0 spiro atoms. The molecule has 118 valence electrons. The Hall–Kier alpha value is -1.03. The first-order chi connectivity index (χ1) is 9.99. The average molecular weight is 311 g/mol. The molecule has 2 aromatic heterocycles. The van der Waals surface area contributed by atoms with E-state index in [0.717, 1.165) is 41.6 Å². The molecule has 2 rings (SSSR count). The summed E-state index contributed by atoms with van der Waals surface area (Å²) >= 11 is 6.12. The van der Waals surface area contributed by atoms with Crippen molar-refractivity contribution in [3.8, 4) is 0 Å². The van der Waals surface area contributed by atoms with Crippen LogP contribution in [0.1, 0.15) is 64.5 Å². The molecule has 0 radical (unpaired) electrons. The Morgan fingerprint density at radius 1 is 1.19 bits per heavy atom. The van der Waals surface area contributed by atoms with E-state index in [9.17, 15) is 0 Å². The van der Waals surface area contributed by atoms with Gasteiger partial charge in [0.15, 0.2) is 5.65 Å². The number of hydrogen-bond donors (Lipinski definition) is 0. The molecule has 0 aliphatic heterocycles. The minimum atomic E-state index is 0.406. The van der Waals surface area contributed by atoms with Crippen molar-refractivity contribution in [2.75, 3.05) is 0 Å². The zero-order valence-corrected chi connectivity index (χ0v) is 14.6. The smallest absolute Gasteiger partial charge is 0.159 e. The molecule has 0 amide bonds. The van der Waals surface area contributed by atoms with E-state index >= 15 is 0 Å². The van der Waals surface area contributed by atoms with E-state index in [1.54, 1.807) is 0 Å². The molecule has 1 atom stereocenters. The van der Waals surface area contributed by atoms with Crippen molar-refractivity contribution in [1.29, 1.82) is 0 Å². The fraction of sp³-hybridized carbons (Fsp3) is 0.750. The molecular formula is C16H27ClN4. The van der Waals surface area contributed by atoms with Crippen LogP contribution in [0, 0.1) is 12.8 Å². The zero-order valence-electron chi connectivity index (χ0n) is 13.9. The fourth-order valence-corrected chi connectivity index (χ4v) is 3.15. The third kappa shape index (κ3) is 3.25. The number of fused-ring (bicyclic) bond motifs is 1. The van der Waals surface area contributed by atoms with Gasteiger partial charge in [-0.25, -0.2) is 9.67 Å². The molecule has 2 heterocycles. The van der Waals surface area contributed by atoms with Gasteiger partial charge in [-0.3, -0.25) is 0 Å². The highest BCUT2D eigenvalue weighted by molar-refractivity contribution is 6.16. The molecule has 0 aliphatic rings. The van der Waals surface area contributed by atoms with Gasteiger partial charge in [-0.1, -0.05) is 26.7 Å². The van der Waals surface area contributed by atoms with E-state index in [1.165, 1.54) is 12.8 Å². The van der Waals surface area contributed by atoms with E-state index in [-0.39, 0.29) is 0 Å². The number of halogens is 1. The summed E-state index contributed by atoms with van der Waals surface area (Å²) in [6, 6.07) is 0.406. The lowest BCUT2D eigenvalue weighted by atomic mass is 10.0. The summed E-state index contributed by atoms with van der Waals surface area (Å²) < 4.78 is 4.35. The van der Waals surface area contributed by atoms with Crippen molar-refractivity contribution >= 4 is 22.8 Å². The number of aryl methyl sites for hydroxylation is 2. The Bertz CT molecular complexity index is 597. The van der Waals surface area contributed by atoms with Crippen LogP contribution >= 0.6 is 11.6 Å². The SMILES string of the molecule is CCn1nc(C)c2nc(CCl)n(C(C)CCCC(C)C)c21. The molecule has 0 N–H and O–H groups in total. The summed E-state index contributed by atoms with van der Waals surface area (Å²) in [4.78, 5) is 4.71. The maximum Gasteiger partial charge on any atom is 0.159 e. The summed E-state index contributed by atoms with van der Waals surface area (Å²) in [7, 11) is 0. The number of nitrogens with zero attached hydrogens (tertiary/aromatic N) is 4. The second-order valence-electron chi connectivity index (χ2n) is 6.28. The van der Waals surface area contributed by atoms with Crippen LogP contribution < -0.4 is 0 Å². The van der Waals surface area contributed by atoms with Crippen LogP contribution in [0.25, 0.3) is 11.2 Å². The van der Waals surface area contributed by atoms with E-state index in [2.05, 4.69) is 37.4 Å². The van der Waals surface area contributed by atoms with Crippen LogP contribution in [0.3, 0.4) is 0 Å². The van der Waals surface area contributed by atoms with Gasteiger partial charge in [0.2, 0.25) is 0 Å². The number of imidazole rings is 1. The van der Waals surface area contributed by atoms with Gasteiger partial charge in [-0.15, -0.1) is 11.6 Å². The maximum absolute atomic E-state index is 6.12. The summed E-state index contributed by atoms with van der Waals surface area (Å²) in [5, 5.41) is 4.59. The van der Waals surface area contributed by atoms with E-state index in [4.69, 9.17) is 16.6 Å². The predicted molar refractivity (Wildman–Crippen MR) is 88.9 cm³/mol. The highest BCUT2D eigenvalue weighted by Gasteiger charge is 2.21.